The summed E-state index contributed by atoms with van der Waals surface area (Å²) in [6, 6.07) is 5.47. The van der Waals surface area contributed by atoms with Crippen LogP contribution in [0.1, 0.15) is 25.8 Å². The zero-order chi connectivity index (χ0) is 13.1. The number of hydrogen-bond donors (Lipinski definition) is 0. The zero-order valence-electron chi connectivity index (χ0n) is 10.6. The maximum atomic E-state index is 10.8. The Balaban J connectivity index is 2.36. The molecule has 96 valence electrons. The summed E-state index contributed by atoms with van der Waals surface area (Å²) in [5, 5.41) is 3.88. The Labute approximate surface area is 105 Å². The van der Waals surface area contributed by atoms with Crippen molar-refractivity contribution in [2.45, 2.75) is 26.4 Å². The van der Waals surface area contributed by atoms with E-state index in [0.29, 0.717) is 17.9 Å². The average molecular weight is 249 g/mol. The van der Waals surface area contributed by atoms with Gasteiger partial charge in [0.1, 0.15) is 17.6 Å². The summed E-state index contributed by atoms with van der Waals surface area (Å²) in [4.78, 5) is 15.5. The number of methoxy groups -OCH3 is 1. The summed E-state index contributed by atoms with van der Waals surface area (Å²) in [5.41, 5.74) is 1.54. The molecule has 1 heterocycles. The van der Waals surface area contributed by atoms with Gasteiger partial charge in [0.15, 0.2) is 0 Å². The zero-order valence-corrected chi connectivity index (χ0v) is 10.6. The molecule has 0 saturated carbocycles. The second-order valence-electron chi connectivity index (χ2n) is 4.12. The summed E-state index contributed by atoms with van der Waals surface area (Å²) in [5.74, 6) is 0.977. The van der Waals surface area contributed by atoms with Crippen molar-refractivity contribution in [3.8, 4) is 11.5 Å². The molecule has 0 spiro atoms. The minimum absolute atomic E-state index is 0.0149. The maximum Gasteiger partial charge on any atom is 0.331 e. The number of oxime groups is 1. The highest BCUT2D eigenvalue weighted by Gasteiger charge is 2.23. The van der Waals surface area contributed by atoms with E-state index >= 15 is 0 Å². The van der Waals surface area contributed by atoms with Crippen molar-refractivity contribution in [2.75, 3.05) is 7.11 Å². The van der Waals surface area contributed by atoms with Crippen LogP contribution in [0.3, 0.4) is 0 Å². The van der Waals surface area contributed by atoms with Gasteiger partial charge in [-0.15, -0.1) is 0 Å². The molecular formula is C13H15NO4. The third-order valence-corrected chi connectivity index (χ3v) is 2.59. The second-order valence-corrected chi connectivity index (χ2v) is 4.12. The number of hydrogen-bond acceptors (Lipinski definition) is 5. The quantitative estimate of drug-likeness (QED) is 0.595. The van der Waals surface area contributed by atoms with Crippen molar-refractivity contribution < 1.29 is 19.1 Å². The van der Waals surface area contributed by atoms with Crippen molar-refractivity contribution in [1.29, 1.82) is 0 Å². The number of ether oxygens (including phenoxy) is 2. The van der Waals surface area contributed by atoms with Gasteiger partial charge in [-0.05, 0) is 19.1 Å². The van der Waals surface area contributed by atoms with E-state index in [1.54, 1.807) is 13.2 Å². The summed E-state index contributed by atoms with van der Waals surface area (Å²) >= 11 is 0. The van der Waals surface area contributed by atoms with E-state index in [9.17, 15) is 4.79 Å². The third-order valence-electron chi connectivity index (χ3n) is 2.59. The van der Waals surface area contributed by atoms with Gasteiger partial charge in [-0.2, -0.15) is 0 Å². The predicted molar refractivity (Wildman–Crippen MR) is 66.0 cm³/mol. The molecule has 18 heavy (non-hydrogen) atoms. The molecular weight excluding hydrogens is 234 g/mol. The smallest absolute Gasteiger partial charge is 0.331 e. The summed E-state index contributed by atoms with van der Waals surface area (Å²) in [6.45, 7) is 3.26. The molecule has 0 unspecified atom stereocenters. The Bertz CT molecular complexity index is 496. The van der Waals surface area contributed by atoms with Crippen LogP contribution in [0.5, 0.6) is 11.5 Å². The predicted octanol–water partition coefficient (Wildman–Crippen LogP) is 2.13. The van der Waals surface area contributed by atoms with Gasteiger partial charge in [-0.1, -0.05) is 5.16 Å². The summed E-state index contributed by atoms with van der Waals surface area (Å²) in [6.07, 6.45) is 0.589. The highest BCUT2D eigenvalue weighted by molar-refractivity contribution is 6.04. The van der Waals surface area contributed by atoms with Crippen LogP contribution in [-0.2, 0) is 9.63 Å². The van der Waals surface area contributed by atoms with Crippen LogP contribution in [0.2, 0.25) is 0 Å². The lowest BCUT2D eigenvalue weighted by Gasteiger charge is -2.24. The standard InChI is InChI=1S/C13H15NO4/c1-8-6-12(14-18-9(2)15)11-5-4-10(16-3)7-13(11)17-8/h4-5,7-8H,6H2,1-3H3/b14-12+/t8-/m0/s1. The lowest BCUT2D eigenvalue weighted by molar-refractivity contribution is -0.140. The van der Waals surface area contributed by atoms with Crippen molar-refractivity contribution in [1.82, 2.24) is 0 Å². The van der Waals surface area contributed by atoms with Crippen molar-refractivity contribution >= 4 is 11.7 Å². The van der Waals surface area contributed by atoms with Crippen LogP contribution >= 0.6 is 0 Å². The molecule has 1 aliphatic rings. The SMILES string of the molecule is COc1ccc2c(c1)O[C@@H](C)C/C2=N\OC(C)=O. The average Bonchev–Trinajstić information content (AvgIpc) is 2.34. The minimum atomic E-state index is -0.434. The fourth-order valence-corrected chi connectivity index (χ4v) is 1.81. The molecule has 5 nitrogen and oxygen atoms in total. The van der Waals surface area contributed by atoms with Gasteiger partial charge in [0.2, 0.25) is 0 Å². The topological polar surface area (TPSA) is 57.1 Å². The Morgan fingerprint density at radius 3 is 2.94 bits per heavy atom. The first-order chi connectivity index (χ1) is 8.60. The molecule has 0 N–H and O–H groups in total. The van der Waals surface area contributed by atoms with Gasteiger partial charge < -0.3 is 14.3 Å². The van der Waals surface area contributed by atoms with Crippen molar-refractivity contribution in [3.63, 3.8) is 0 Å². The highest BCUT2D eigenvalue weighted by atomic mass is 16.7. The minimum Gasteiger partial charge on any atom is -0.497 e. The Morgan fingerprint density at radius 1 is 1.50 bits per heavy atom. The number of benzene rings is 1. The molecule has 0 aliphatic carbocycles. The fourth-order valence-electron chi connectivity index (χ4n) is 1.81. The molecule has 0 aromatic heterocycles. The maximum absolute atomic E-state index is 10.8. The lowest BCUT2D eigenvalue weighted by Crippen LogP contribution is -2.25. The van der Waals surface area contributed by atoms with E-state index in [1.807, 2.05) is 19.1 Å². The largest absolute Gasteiger partial charge is 0.497 e. The van der Waals surface area contributed by atoms with Crippen LogP contribution in [0.15, 0.2) is 23.4 Å². The van der Waals surface area contributed by atoms with Gasteiger partial charge >= 0.3 is 5.97 Å². The molecule has 5 heteroatoms. The molecule has 1 aromatic carbocycles. The second kappa shape index (κ2) is 5.08. The van der Waals surface area contributed by atoms with E-state index in [-0.39, 0.29) is 6.10 Å². The van der Waals surface area contributed by atoms with Crippen LogP contribution in [0, 0.1) is 0 Å². The number of carbonyl (C=O) groups excluding carboxylic acids is 1. The van der Waals surface area contributed by atoms with Gasteiger partial charge in [0.25, 0.3) is 0 Å². The first kappa shape index (κ1) is 12.4. The number of nitrogens with zero attached hydrogens (tertiary/aromatic N) is 1. The first-order valence-electron chi connectivity index (χ1n) is 5.69. The summed E-state index contributed by atoms with van der Waals surface area (Å²) in [7, 11) is 1.60. The van der Waals surface area contributed by atoms with E-state index in [4.69, 9.17) is 14.3 Å². The molecule has 0 bridgehead atoms. The Morgan fingerprint density at radius 2 is 2.28 bits per heavy atom. The van der Waals surface area contributed by atoms with E-state index in [0.717, 1.165) is 11.3 Å². The molecule has 1 aromatic rings. The van der Waals surface area contributed by atoms with Crippen molar-refractivity contribution in [2.24, 2.45) is 5.16 Å². The normalized spacial score (nSPS) is 19.9. The molecule has 0 amide bonds. The molecule has 1 aliphatic heterocycles. The first-order valence-corrected chi connectivity index (χ1v) is 5.69. The van der Waals surface area contributed by atoms with Crippen molar-refractivity contribution in [3.05, 3.63) is 23.8 Å². The van der Waals surface area contributed by atoms with Crippen LogP contribution in [0.25, 0.3) is 0 Å². The van der Waals surface area contributed by atoms with Crippen LogP contribution < -0.4 is 9.47 Å². The number of rotatable bonds is 2. The Kier molecular flexibility index (Phi) is 3.50. The molecule has 0 fully saturated rings. The fraction of sp³-hybridized carbons (Fsp3) is 0.385. The summed E-state index contributed by atoms with van der Waals surface area (Å²) < 4.78 is 10.9. The third kappa shape index (κ3) is 2.61. The van der Waals surface area contributed by atoms with E-state index < -0.39 is 5.97 Å². The lowest BCUT2D eigenvalue weighted by atomic mass is 10.0. The van der Waals surface area contributed by atoms with Crippen LogP contribution in [-0.4, -0.2) is 24.9 Å². The van der Waals surface area contributed by atoms with Gasteiger partial charge in [-0.3, -0.25) is 0 Å². The Hall–Kier alpha value is -2.04. The van der Waals surface area contributed by atoms with Crippen LogP contribution in [0.4, 0.5) is 0 Å². The van der Waals surface area contributed by atoms with Gasteiger partial charge in [-0.25, -0.2) is 4.79 Å². The van der Waals surface area contributed by atoms with Gasteiger partial charge in [0, 0.05) is 25.0 Å². The monoisotopic (exact) mass is 249 g/mol. The van der Waals surface area contributed by atoms with E-state index in [1.165, 1.54) is 6.92 Å². The molecule has 0 radical (unpaired) electrons. The number of carbonyl (C=O) groups is 1. The molecule has 1 atom stereocenters. The molecule has 2 rings (SSSR count). The van der Waals surface area contributed by atoms with Gasteiger partial charge in [0.05, 0.1) is 12.8 Å². The highest BCUT2D eigenvalue weighted by Crippen LogP contribution is 2.31. The van der Waals surface area contributed by atoms with E-state index in [2.05, 4.69) is 5.16 Å². The number of fused-ring (bicyclic) bond motifs is 1. The molecule has 0 saturated heterocycles.